The van der Waals surface area contributed by atoms with Gasteiger partial charge in [-0.25, -0.2) is 0 Å². The number of hydrogen-bond acceptors (Lipinski definition) is 8. The minimum absolute atomic E-state index is 0.195. The molecule has 1 aliphatic rings. The molecule has 4 atom stereocenters. The van der Waals surface area contributed by atoms with E-state index in [-0.39, 0.29) is 11.8 Å². The Labute approximate surface area is 263 Å². The number of aromatic nitrogens is 1. The predicted octanol–water partition coefficient (Wildman–Crippen LogP) is 1.61. The van der Waals surface area contributed by atoms with Crippen LogP contribution in [0.2, 0.25) is 0 Å². The molecule has 0 unspecified atom stereocenters. The Bertz CT molecular complexity index is 1510. The number of nitrogens with zero attached hydrogens (tertiary/aromatic N) is 2. The van der Waals surface area contributed by atoms with Crippen LogP contribution >= 0.6 is 0 Å². The highest BCUT2D eigenvalue weighted by Crippen LogP contribution is 2.37. The highest BCUT2D eigenvalue weighted by molar-refractivity contribution is 5.98. The van der Waals surface area contributed by atoms with Crippen LogP contribution in [0.4, 0.5) is 26.3 Å². The van der Waals surface area contributed by atoms with Gasteiger partial charge in [0.1, 0.15) is 18.1 Å². The Hall–Kier alpha value is -4.68. The van der Waals surface area contributed by atoms with Crippen molar-refractivity contribution >= 4 is 29.5 Å². The van der Waals surface area contributed by atoms with Crippen LogP contribution in [0.1, 0.15) is 65.4 Å². The van der Waals surface area contributed by atoms with E-state index in [1.807, 2.05) is 0 Å². The Morgan fingerprint density at radius 3 is 2.17 bits per heavy atom. The summed E-state index contributed by atoms with van der Waals surface area (Å²) < 4.78 is 86.4. The molecule has 2 bridgehead atoms. The molecule has 2 aromatic rings. The Morgan fingerprint density at radius 1 is 0.936 bits per heavy atom. The van der Waals surface area contributed by atoms with Crippen LogP contribution in [0.3, 0.4) is 0 Å². The maximum Gasteiger partial charge on any atom is 0.417 e. The van der Waals surface area contributed by atoms with Crippen molar-refractivity contribution in [3.63, 3.8) is 0 Å². The number of carbonyl (C=O) groups excluding carboxylic acids is 5. The number of rotatable bonds is 3. The highest BCUT2D eigenvalue weighted by atomic mass is 19.4. The Balaban J connectivity index is 2.06. The summed E-state index contributed by atoms with van der Waals surface area (Å²) in [6.45, 7) is 4.03. The van der Waals surface area contributed by atoms with E-state index in [0.29, 0.717) is 12.1 Å². The second-order valence-corrected chi connectivity index (χ2v) is 11.1. The minimum atomic E-state index is -5.37. The summed E-state index contributed by atoms with van der Waals surface area (Å²) in [5.74, 6) is -5.79. The van der Waals surface area contributed by atoms with Gasteiger partial charge in [-0.15, -0.1) is 0 Å². The molecule has 0 saturated heterocycles. The molecule has 5 amide bonds. The number of alkyl halides is 6. The Kier molecular flexibility index (Phi) is 11.3. The first-order valence-electron chi connectivity index (χ1n) is 14.1. The summed E-state index contributed by atoms with van der Waals surface area (Å²) >= 11 is 0. The molecule has 0 aliphatic carbocycles. The van der Waals surface area contributed by atoms with E-state index in [1.165, 1.54) is 13.8 Å². The van der Waals surface area contributed by atoms with Crippen LogP contribution in [0.15, 0.2) is 28.8 Å². The van der Waals surface area contributed by atoms with Crippen molar-refractivity contribution < 1.29 is 59.9 Å². The summed E-state index contributed by atoms with van der Waals surface area (Å²) in [5, 5.41) is 23.1. The van der Waals surface area contributed by atoms with Gasteiger partial charge >= 0.3 is 12.4 Å². The third-order valence-corrected chi connectivity index (χ3v) is 7.04. The minimum Gasteiger partial charge on any atom is -0.391 e. The van der Waals surface area contributed by atoms with Gasteiger partial charge < -0.3 is 35.8 Å². The first kappa shape index (κ1) is 36.8. The van der Waals surface area contributed by atoms with Gasteiger partial charge in [-0.2, -0.15) is 26.3 Å². The fourth-order valence-electron chi connectivity index (χ4n) is 4.47. The predicted molar refractivity (Wildman–Crippen MR) is 148 cm³/mol. The molecule has 0 radical (unpaired) electrons. The molecule has 47 heavy (non-hydrogen) atoms. The first-order chi connectivity index (χ1) is 21.7. The average molecular weight is 679 g/mol. The van der Waals surface area contributed by atoms with E-state index in [9.17, 15) is 55.4 Å². The maximum atomic E-state index is 13.9. The molecule has 1 aromatic carbocycles. The van der Waals surface area contributed by atoms with Gasteiger partial charge in [0.15, 0.2) is 11.5 Å². The lowest BCUT2D eigenvalue weighted by Gasteiger charge is -2.27. The summed E-state index contributed by atoms with van der Waals surface area (Å²) in [5.41, 5.74) is -5.11. The molecular weight excluding hydrogens is 646 g/mol. The molecule has 13 nitrogen and oxygen atoms in total. The largest absolute Gasteiger partial charge is 0.417 e. The zero-order chi connectivity index (χ0) is 35.4. The molecular formula is C28H32F6N6O7. The molecule has 0 fully saturated rings. The van der Waals surface area contributed by atoms with Crippen molar-refractivity contribution in [3.05, 3.63) is 52.4 Å². The number of hydrogen-bond donors (Lipinski definition) is 5. The van der Waals surface area contributed by atoms with Gasteiger partial charge in [0.2, 0.25) is 17.7 Å². The van der Waals surface area contributed by atoms with Gasteiger partial charge in [-0.1, -0.05) is 19.0 Å². The molecule has 258 valence electrons. The van der Waals surface area contributed by atoms with Gasteiger partial charge in [0.05, 0.1) is 29.3 Å². The number of benzene rings is 1. The van der Waals surface area contributed by atoms with E-state index >= 15 is 0 Å². The van der Waals surface area contributed by atoms with E-state index in [2.05, 4.69) is 26.4 Å². The lowest BCUT2D eigenvalue weighted by atomic mass is 10.0. The lowest BCUT2D eigenvalue weighted by molar-refractivity contribution is -0.143. The maximum absolute atomic E-state index is 13.9. The first-order valence-corrected chi connectivity index (χ1v) is 14.1. The van der Waals surface area contributed by atoms with Crippen molar-refractivity contribution in [2.24, 2.45) is 5.92 Å². The lowest BCUT2D eigenvalue weighted by Crippen LogP contribution is -2.58. The molecule has 3 rings (SSSR count). The van der Waals surface area contributed by atoms with Crippen molar-refractivity contribution in [2.75, 3.05) is 13.1 Å². The molecule has 0 saturated carbocycles. The number of aliphatic hydroxyl groups excluding tert-OH is 1. The van der Waals surface area contributed by atoms with E-state index in [0.717, 1.165) is 11.0 Å². The normalized spacial score (nSPS) is 21.6. The molecule has 2 heterocycles. The number of amides is 5. The number of carbonyl (C=O) groups is 5. The van der Waals surface area contributed by atoms with E-state index in [1.54, 1.807) is 13.8 Å². The van der Waals surface area contributed by atoms with Crippen LogP contribution in [0.5, 0.6) is 0 Å². The summed E-state index contributed by atoms with van der Waals surface area (Å²) in [4.78, 5) is 65.8. The van der Waals surface area contributed by atoms with Crippen molar-refractivity contribution in [1.29, 1.82) is 0 Å². The third kappa shape index (κ3) is 9.20. The third-order valence-electron chi connectivity index (χ3n) is 7.04. The van der Waals surface area contributed by atoms with Crippen molar-refractivity contribution in [2.45, 2.75) is 70.8 Å². The van der Waals surface area contributed by atoms with E-state index < -0.39 is 114 Å². The van der Waals surface area contributed by atoms with Crippen LogP contribution in [-0.4, -0.2) is 82.0 Å². The smallest absolute Gasteiger partial charge is 0.391 e. The van der Waals surface area contributed by atoms with Crippen LogP contribution in [0.25, 0.3) is 0 Å². The molecule has 1 aliphatic heterocycles. The van der Waals surface area contributed by atoms with Crippen molar-refractivity contribution in [1.82, 2.24) is 31.3 Å². The van der Waals surface area contributed by atoms with Gasteiger partial charge in [0, 0.05) is 19.2 Å². The summed E-state index contributed by atoms with van der Waals surface area (Å²) in [7, 11) is 0. The second kappa shape index (κ2) is 14.4. The van der Waals surface area contributed by atoms with Crippen LogP contribution in [0, 0.1) is 5.92 Å². The topological polar surface area (TPSA) is 183 Å². The fourth-order valence-corrected chi connectivity index (χ4v) is 4.47. The summed E-state index contributed by atoms with van der Waals surface area (Å²) in [6.07, 6.45) is -12.0. The number of nitrogens with one attached hydrogen (secondary N) is 4. The van der Waals surface area contributed by atoms with Gasteiger partial charge in [0.25, 0.3) is 11.8 Å². The van der Waals surface area contributed by atoms with Crippen LogP contribution < -0.4 is 21.3 Å². The molecule has 19 heteroatoms. The zero-order valence-corrected chi connectivity index (χ0v) is 25.4. The molecule has 5 N–H and O–H groups in total. The van der Waals surface area contributed by atoms with E-state index in [4.69, 9.17) is 4.52 Å². The summed E-state index contributed by atoms with van der Waals surface area (Å²) in [6, 6.07) is -2.58. The zero-order valence-electron chi connectivity index (χ0n) is 25.4. The monoisotopic (exact) mass is 678 g/mol. The number of aliphatic hydroxyl groups is 1. The molecule has 0 spiro atoms. The number of halogens is 6. The van der Waals surface area contributed by atoms with Crippen LogP contribution in [-0.2, 0) is 33.3 Å². The standard InChI is InChI=1S/C28H32F6N6O7/c1-12(2)20-24(44)35-7-8-40(26(46)17-6-5-15(27(29,30)31)9-18(17)28(32,33)34)11-16-10-19(39-47-16)23(43)38-21(14(4)41)25(45)36-13(3)22(42)37-20/h5-6,9-10,12-14,20-21,41H,7-8,11H2,1-4H3,(H,35,44)(H,36,45)(H,37,42)(H,38,43)/t13-,14+,20-,21-/m0/s1. The highest BCUT2D eigenvalue weighted by Gasteiger charge is 2.40. The van der Waals surface area contributed by atoms with Gasteiger partial charge in [-0.3, -0.25) is 24.0 Å². The molecule has 1 aromatic heterocycles. The quantitative estimate of drug-likeness (QED) is 0.304. The Morgan fingerprint density at radius 2 is 1.60 bits per heavy atom. The second-order valence-electron chi connectivity index (χ2n) is 11.1. The average Bonchev–Trinajstić information content (AvgIpc) is 3.44. The number of fused-ring (bicyclic) bond motifs is 2. The SMILES string of the molecule is CC(C)[C@@H]1NC(=O)[C@H](C)NC(=O)[C@H]([C@@H](C)O)NC(=O)c2cc(on2)CN(C(=O)c2ccc(C(F)(F)F)cc2C(F)(F)F)CCNC1=O. The van der Waals surface area contributed by atoms with Gasteiger partial charge in [-0.05, 0) is 38.0 Å². The fraction of sp³-hybridized carbons (Fsp3) is 0.500. The van der Waals surface area contributed by atoms with Crippen molar-refractivity contribution in [3.8, 4) is 0 Å².